The van der Waals surface area contributed by atoms with Crippen molar-refractivity contribution in [1.29, 1.82) is 0 Å². The van der Waals surface area contributed by atoms with Gasteiger partial charge in [0.2, 0.25) is 0 Å². The van der Waals surface area contributed by atoms with E-state index in [0.29, 0.717) is 12.0 Å². The first-order chi connectivity index (χ1) is 9.66. The van der Waals surface area contributed by atoms with Gasteiger partial charge in [0.25, 0.3) is 0 Å². The summed E-state index contributed by atoms with van der Waals surface area (Å²) >= 11 is 0. The smallest absolute Gasteiger partial charge is 0.119 e. The predicted octanol–water partition coefficient (Wildman–Crippen LogP) is 2.69. The highest BCUT2D eigenvalue weighted by Gasteiger charge is 2.23. The highest BCUT2D eigenvalue weighted by molar-refractivity contribution is 5.26. The largest absolute Gasteiger partial charge is 0.494 e. The molecule has 2 rings (SSSR count). The molecule has 0 amide bonds. The van der Waals surface area contributed by atoms with E-state index < -0.39 is 0 Å². The van der Waals surface area contributed by atoms with E-state index in [1.165, 1.54) is 5.56 Å². The van der Waals surface area contributed by atoms with Crippen LogP contribution >= 0.6 is 0 Å². The summed E-state index contributed by atoms with van der Waals surface area (Å²) < 4.78 is 5.81. The number of hydrogen-bond acceptors (Lipinski definition) is 3. The molecule has 1 fully saturated rings. The van der Waals surface area contributed by atoms with Crippen LogP contribution in [0.3, 0.4) is 0 Å². The molecule has 0 radical (unpaired) electrons. The molecule has 1 unspecified atom stereocenters. The van der Waals surface area contributed by atoms with Gasteiger partial charge in [0.1, 0.15) is 5.75 Å². The molecule has 1 heterocycles. The summed E-state index contributed by atoms with van der Waals surface area (Å²) in [6.45, 7) is 12.1. The Hall–Kier alpha value is -1.06. The second kappa shape index (κ2) is 7.65. The number of hydrogen-bond donors (Lipinski definition) is 1. The average Bonchev–Trinajstić information content (AvgIpc) is 2.46. The fourth-order valence-electron chi connectivity index (χ4n) is 2.79. The SMILES string of the molecule is Cc1ccc(OCCCN2CCNCC2C(C)C)cc1. The van der Waals surface area contributed by atoms with Crippen molar-refractivity contribution in [2.75, 3.05) is 32.8 Å². The highest BCUT2D eigenvalue weighted by atomic mass is 16.5. The lowest BCUT2D eigenvalue weighted by Gasteiger charge is -2.38. The van der Waals surface area contributed by atoms with E-state index in [4.69, 9.17) is 4.74 Å². The van der Waals surface area contributed by atoms with Crippen molar-refractivity contribution in [3.05, 3.63) is 29.8 Å². The van der Waals surface area contributed by atoms with Gasteiger partial charge in [-0.1, -0.05) is 31.5 Å². The maximum atomic E-state index is 5.81. The van der Waals surface area contributed by atoms with E-state index >= 15 is 0 Å². The second-order valence-corrected chi connectivity index (χ2v) is 6.07. The predicted molar refractivity (Wildman–Crippen MR) is 84.4 cm³/mol. The molecule has 112 valence electrons. The summed E-state index contributed by atoms with van der Waals surface area (Å²) in [6, 6.07) is 8.97. The Kier molecular flexibility index (Phi) is 5.86. The van der Waals surface area contributed by atoms with Crippen molar-refractivity contribution in [3.8, 4) is 5.75 Å². The lowest BCUT2D eigenvalue weighted by Crippen LogP contribution is -2.53. The zero-order valence-corrected chi connectivity index (χ0v) is 13.1. The summed E-state index contributed by atoms with van der Waals surface area (Å²) in [5.74, 6) is 1.69. The number of aryl methyl sites for hydroxylation is 1. The molecule has 1 aromatic rings. The van der Waals surface area contributed by atoms with Gasteiger partial charge in [0.15, 0.2) is 0 Å². The molecule has 1 saturated heterocycles. The van der Waals surface area contributed by atoms with E-state index in [9.17, 15) is 0 Å². The molecule has 1 N–H and O–H groups in total. The third-order valence-electron chi connectivity index (χ3n) is 4.05. The maximum absolute atomic E-state index is 5.81. The second-order valence-electron chi connectivity index (χ2n) is 6.07. The van der Waals surface area contributed by atoms with E-state index in [-0.39, 0.29) is 0 Å². The van der Waals surface area contributed by atoms with Crippen molar-refractivity contribution in [3.63, 3.8) is 0 Å². The maximum Gasteiger partial charge on any atom is 0.119 e. The van der Waals surface area contributed by atoms with Crippen LogP contribution in [0.1, 0.15) is 25.8 Å². The minimum absolute atomic E-state index is 0.670. The van der Waals surface area contributed by atoms with Gasteiger partial charge in [0.05, 0.1) is 6.61 Å². The molecule has 0 aliphatic carbocycles. The van der Waals surface area contributed by atoms with Crippen LogP contribution in [0.4, 0.5) is 0 Å². The fourth-order valence-corrected chi connectivity index (χ4v) is 2.79. The summed E-state index contributed by atoms with van der Waals surface area (Å²) in [5.41, 5.74) is 1.28. The Bertz CT molecular complexity index is 388. The minimum atomic E-state index is 0.670. The zero-order valence-electron chi connectivity index (χ0n) is 13.1. The van der Waals surface area contributed by atoms with E-state index in [1.54, 1.807) is 0 Å². The molecule has 0 spiro atoms. The lowest BCUT2D eigenvalue weighted by atomic mass is 10.0. The Balaban J connectivity index is 1.70. The normalized spacial score (nSPS) is 20.3. The van der Waals surface area contributed by atoms with E-state index in [1.807, 2.05) is 0 Å². The molecular formula is C17H28N2O. The van der Waals surface area contributed by atoms with Crippen molar-refractivity contribution < 1.29 is 4.74 Å². The molecule has 20 heavy (non-hydrogen) atoms. The number of benzene rings is 1. The fraction of sp³-hybridized carbons (Fsp3) is 0.647. The highest BCUT2D eigenvalue weighted by Crippen LogP contribution is 2.14. The molecule has 3 heteroatoms. The number of ether oxygens (including phenoxy) is 1. The first-order valence-electron chi connectivity index (χ1n) is 7.81. The molecular weight excluding hydrogens is 248 g/mol. The summed E-state index contributed by atoms with van der Waals surface area (Å²) in [7, 11) is 0. The van der Waals surface area contributed by atoms with Crippen LogP contribution in [0.5, 0.6) is 5.75 Å². The average molecular weight is 276 g/mol. The van der Waals surface area contributed by atoms with Gasteiger partial charge in [-0.25, -0.2) is 0 Å². The van der Waals surface area contributed by atoms with Gasteiger partial charge in [-0.15, -0.1) is 0 Å². The van der Waals surface area contributed by atoms with Crippen LogP contribution in [-0.2, 0) is 0 Å². The molecule has 0 bridgehead atoms. The standard InChI is InChI=1S/C17H28N2O/c1-14(2)17-13-18-9-11-19(17)10-4-12-20-16-7-5-15(3)6-8-16/h5-8,14,17-18H,4,9-13H2,1-3H3. The van der Waals surface area contributed by atoms with Crippen molar-refractivity contribution in [2.24, 2.45) is 5.92 Å². The zero-order chi connectivity index (χ0) is 14.4. The van der Waals surface area contributed by atoms with Gasteiger partial charge in [0, 0.05) is 32.2 Å². The third-order valence-corrected chi connectivity index (χ3v) is 4.05. The summed E-state index contributed by atoms with van der Waals surface area (Å²) in [6.07, 6.45) is 1.09. The van der Waals surface area contributed by atoms with Crippen LogP contribution in [0.2, 0.25) is 0 Å². The number of nitrogens with zero attached hydrogens (tertiary/aromatic N) is 1. The van der Waals surface area contributed by atoms with Gasteiger partial charge >= 0.3 is 0 Å². The molecule has 1 atom stereocenters. The van der Waals surface area contributed by atoms with Gasteiger partial charge < -0.3 is 10.1 Å². The minimum Gasteiger partial charge on any atom is -0.494 e. The Morgan fingerprint density at radius 3 is 2.75 bits per heavy atom. The lowest BCUT2D eigenvalue weighted by molar-refractivity contribution is 0.116. The Morgan fingerprint density at radius 1 is 1.30 bits per heavy atom. The van der Waals surface area contributed by atoms with Crippen LogP contribution in [0, 0.1) is 12.8 Å². The molecule has 1 aliphatic rings. The van der Waals surface area contributed by atoms with Crippen molar-refractivity contribution in [1.82, 2.24) is 10.2 Å². The number of rotatable bonds is 6. The Morgan fingerprint density at radius 2 is 2.05 bits per heavy atom. The number of piperazine rings is 1. The topological polar surface area (TPSA) is 24.5 Å². The van der Waals surface area contributed by atoms with Crippen LogP contribution < -0.4 is 10.1 Å². The monoisotopic (exact) mass is 276 g/mol. The molecule has 1 aliphatic heterocycles. The van der Waals surface area contributed by atoms with Crippen molar-refractivity contribution in [2.45, 2.75) is 33.2 Å². The molecule has 1 aromatic carbocycles. The van der Waals surface area contributed by atoms with E-state index in [2.05, 4.69) is 55.3 Å². The van der Waals surface area contributed by atoms with Gasteiger partial charge in [-0.3, -0.25) is 4.90 Å². The Labute approximate surface area is 123 Å². The molecule has 0 aromatic heterocycles. The molecule has 3 nitrogen and oxygen atoms in total. The molecule has 0 saturated carbocycles. The van der Waals surface area contributed by atoms with Crippen LogP contribution in [0.25, 0.3) is 0 Å². The number of nitrogens with one attached hydrogen (secondary N) is 1. The first kappa shape index (κ1) is 15.3. The van der Waals surface area contributed by atoms with Crippen molar-refractivity contribution >= 4 is 0 Å². The summed E-state index contributed by atoms with van der Waals surface area (Å²) in [5, 5.41) is 3.49. The van der Waals surface area contributed by atoms with Crippen LogP contribution in [0.15, 0.2) is 24.3 Å². The quantitative estimate of drug-likeness (QED) is 0.809. The van der Waals surface area contributed by atoms with E-state index in [0.717, 1.165) is 45.0 Å². The van der Waals surface area contributed by atoms with Crippen LogP contribution in [-0.4, -0.2) is 43.7 Å². The summed E-state index contributed by atoms with van der Waals surface area (Å²) in [4.78, 5) is 2.61. The van der Waals surface area contributed by atoms with Gasteiger partial charge in [-0.2, -0.15) is 0 Å². The van der Waals surface area contributed by atoms with Gasteiger partial charge in [-0.05, 0) is 31.4 Å². The first-order valence-corrected chi connectivity index (χ1v) is 7.81. The third kappa shape index (κ3) is 4.50.